The van der Waals surface area contributed by atoms with Crippen LogP contribution in [0.4, 0.5) is 0 Å². The van der Waals surface area contributed by atoms with Crippen LogP contribution in [0, 0.1) is 17.3 Å². The highest BCUT2D eigenvalue weighted by Gasteiger charge is 2.45. The summed E-state index contributed by atoms with van der Waals surface area (Å²) >= 11 is 0. The van der Waals surface area contributed by atoms with Crippen molar-refractivity contribution in [1.29, 1.82) is 0 Å². The standard InChI is InChI=1S/C21H39NO2/c1-5-17-7-6-13-22(15-17)14-10-19-16-23-21(24-19)11-8-18(9-12-21)20(2,3)4/h17-19H,5-16H2,1-4H3. The first-order valence-electron chi connectivity index (χ1n) is 10.4. The van der Waals surface area contributed by atoms with E-state index in [1.807, 2.05) is 0 Å². The molecule has 24 heavy (non-hydrogen) atoms. The van der Waals surface area contributed by atoms with Gasteiger partial charge < -0.3 is 14.4 Å². The second kappa shape index (κ2) is 7.63. The molecule has 0 aromatic heterocycles. The van der Waals surface area contributed by atoms with Crippen molar-refractivity contribution in [2.45, 2.75) is 91.0 Å². The van der Waals surface area contributed by atoms with E-state index >= 15 is 0 Å². The Morgan fingerprint density at radius 1 is 1.12 bits per heavy atom. The molecule has 2 unspecified atom stereocenters. The van der Waals surface area contributed by atoms with Gasteiger partial charge >= 0.3 is 0 Å². The number of ether oxygens (including phenoxy) is 2. The van der Waals surface area contributed by atoms with E-state index in [0.29, 0.717) is 11.5 Å². The summed E-state index contributed by atoms with van der Waals surface area (Å²) in [5.41, 5.74) is 0.420. The molecule has 3 aliphatic rings. The average Bonchev–Trinajstić information content (AvgIpc) is 2.95. The lowest BCUT2D eigenvalue weighted by molar-refractivity contribution is -0.197. The van der Waals surface area contributed by atoms with Gasteiger partial charge in [0.2, 0.25) is 0 Å². The van der Waals surface area contributed by atoms with Crippen molar-refractivity contribution in [2.75, 3.05) is 26.2 Å². The SMILES string of the molecule is CCC1CCCN(CCC2COC3(CCC(C(C)(C)C)CC3)O2)C1. The predicted molar refractivity (Wildman–Crippen MR) is 99.0 cm³/mol. The van der Waals surface area contributed by atoms with Gasteiger partial charge in [-0.3, -0.25) is 0 Å². The van der Waals surface area contributed by atoms with Crippen molar-refractivity contribution in [3.8, 4) is 0 Å². The second-order valence-electron chi connectivity index (χ2n) is 9.61. The molecule has 140 valence electrons. The molecule has 0 N–H and O–H groups in total. The van der Waals surface area contributed by atoms with Crippen LogP contribution in [-0.4, -0.2) is 43.0 Å². The maximum atomic E-state index is 6.45. The molecule has 0 amide bonds. The van der Waals surface area contributed by atoms with Crippen molar-refractivity contribution in [3.63, 3.8) is 0 Å². The topological polar surface area (TPSA) is 21.7 Å². The average molecular weight is 338 g/mol. The quantitative estimate of drug-likeness (QED) is 0.732. The summed E-state index contributed by atoms with van der Waals surface area (Å²) in [6, 6.07) is 0. The summed E-state index contributed by atoms with van der Waals surface area (Å²) in [4.78, 5) is 2.66. The summed E-state index contributed by atoms with van der Waals surface area (Å²) in [5.74, 6) is 1.49. The monoisotopic (exact) mass is 337 g/mol. The van der Waals surface area contributed by atoms with Gasteiger partial charge in [0, 0.05) is 25.9 Å². The zero-order valence-corrected chi connectivity index (χ0v) is 16.5. The molecule has 3 heteroatoms. The molecular formula is C21H39NO2. The third-order valence-corrected chi connectivity index (χ3v) is 6.83. The molecule has 0 aromatic rings. The number of hydrogen-bond donors (Lipinski definition) is 0. The zero-order chi connectivity index (χ0) is 17.2. The maximum absolute atomic E-state index is 6.45. The number of likely N-dealkylation sites (tertiary alicyclic amines) is 1. The highest BCUT2D eigenvalue weighted by atomic mass is 16.7. The van der Waals surface area contributed by atoms with Gasteiger partial charge in [0.25, 0.3) is 0 Å². The molecule has 3 nitrogen and oxygen atoms in total. The highest BCUT2D eigenvalue weighted by Crippen LogP contribution is 2.45. The number of hydrogen-bond acceptors (Lipinski definition) is 3. The Labute approximate surface area is 149 Å². The first-order valence-corrected chi connectivity index (χ1v) is 10.4. The van der Waals surface area contributed by atoms with Crippen LogP contribution >= 0.6 is 0 Å². The maximum Gasteiger partial charge on any atom is 0.168 e. The molecule has 1 aliphatic carbocycles. The number of rotatable bonds is 4. The molecular weight excluding hydrogens is 298 g/mol. The molecule has 0 bridgehead atoms. The van der Waals surface area contributed by atoms with E-state index in [1.165, 1.54) is 51.7 Å². The first-order chi connectivity index (χ1) is 11.4. The Bertz CT molecular complexity index is 395. The Morgan fingerprint density at radius 3 is 2.54 bits per heavy atom. The predicted octanol–water partition coefficient (Wildman–Crippen LogP) is 4.85. The van der Waals surface area contributed by atoms with Crippen molar-refractivity contribution < 1.29 is 9.47 Å². The molecule has 3 rings (SSSR count). The summed E-state index contributed by atoms with van der Waals surface area (Å²) in [6.45, 7) is 14.0. The molecule has 2 saturated heterocycles. The number of piperidine rings is 1. The van der Waals surface area contributed by atoms with Crippen LogP contribution in [0.25, 0.3) is 0 Å². The summed E-state index contributed by atoms with van der Waals surface area (Å²) in [7, 11) is 0. The van der Waals surface area contributed by atoms with E-state index in [1.54, 1.807) is 0 Å². The van der Waals surface area contributed by atoms with Gasteiger partial charge in [0.05, 0.1) is 12.7 Å². The molecule has 1 spiro atoms. The van der Waals surface area contributed by atoms with Gasteiger partial charge in [-0.15, -0.1) is 0 Å². The van der Waals surface area contributed by atoms with Gasteiger partial charge in [-0.2, -0.15) is 0 Å². The molecule has 2 heterocycles. The van der Waals surface area contributed by atoms with Crippen LogP contribution in [0.3, 0.4) is 0 Å². The molecule has 2 aliphatic heterocycles. The first kappa shape index (κ1) is 18.7. The van der Waals surface area contributed by atoms with Gasteiger partial charge in [-0.1, -0.05) is 34.1 Å². The van der Waals surface area contributed by atoms with Crippen LogP contribution in [0.5, 0.6) is 0 Å². The summed E-state index contributed by atoms with van der Waals surface area (Å²) in [6.07, 6.45) is 10.3. The van der Waals surface area contributed by atoms with Crippen LogP contribution in [0.1, 0.15) is 79.1 Å². The molecule has 0 radical (unpaired) electrons. The Balaban J connectivity index is 1.41. The van der Waals surface area contributed by atoms with E-state index in [2.05, 4.69) is 32.6 Å². The Hall–Kier alpha value is -0.120. The molecule has 0 aromatic carbocycles. The fraction of sp³-hybridized carbons (Fsp3) is 1.00. The van der Waals surface area contributed by atoms with Crippen molar-refractivity contribution in [1.82, 2.24) is 4.90 Å². The fourth-order valence-electron chi connectivity index (χ4n) is 4.96. The summed E-state index contributed by atoms with van der Waals surface area (Å²) < 4.78 is 12.6. The minimum Gasteiger partial charge on any atom is -0.347 e. The lowest BCUT2D eigenvalue weighted by Gasteiger charge is -2.41. The van der Waals surface area contributed by atoms with Crippen LogP contribution in [-0.2, 0) is 9.47 Å². The van der Waals surface area contributed by atoms with E-state index < -0.39 is 0 Å². The third-order valence-electron chi connectivity index (χ3n) is 6.83. The van der Waals surface area contributed by atoms with E-state index in [4.69, 9.17) is 9.47 Å². The summed E-state index contributed by atoms with van der Waals surface area (Å²) in [5, 5.41) is 0. The van der Waals surface area contributed by atoms with E-state index in [0.717, 1.165) is 37.7 Å². The highest BCUT2D eigenvalue weighted by molar-refractivity contribution is 4.89. The minimum atomic E-state index is -0.236. The smallest absolute Gasteiger partial charge is 0.168 e. The van der Waals surface area contributed by atoms with Gasteiger partial charge in [0.1, 0.15) is 0 Å². The van der Waals surface area contributed by atoms with E-state index in [9.17, 15) is 0 Å². The third kappa shape index (κ3) is 4.53. The van der Waals surface area contributed by atoms with Crippen LogP contribution < -0.4 is 0 Å². The van der Waals surface area contributed by atoms with Gasteiger partial charge in [-0.05, 0) is 55.9 Å². The molecule has 1 saturated carbocycles. The minimum absolute atomic E-state index is 0.236. The Kier molecular flexibility index (Phi) is 5.94. The van der Waals surface area contributed by atoms with Gasteiger partial charge in [0.15, 0.2) is 5.79 Å². The van der Waals surface area contributed by atoms with Crippen molar-refractivity contribution >= 4 is 0 Å². The lowest BCUT2D eigenvalue weighted by Crippen LogP contribution is -2.39. The van der Waals surface area contributed by atoms with Gasteiger partial charge in [-0.25, -0.2) is 0 Å². The normalized spacial score (nSPS) is 38.8. The lowest BCUT2D eigenvalue weighted by atomic mass is 9.71. The van der Waals surface area contributed by atoms with E-state index in [-0.39, 0.29) is 5.79 Å². The Morgan fingerprint density at radius 2 is 1.88 bits per heavy atom. The zero-order valence-electron chi connectivity index (χ0n) is 16.5. The van der Waals surface area contributed by atoms with Crippen LogP contribution in [0.2, 0.25) is 0 Å². The molecule has 2 atom stereocenters. The number of nitrogens with zero attached hydrogens (tertiary/aromatic N) is 1. The largest absolute Gasteiger partial charge is 0.347 e. The molecule has 3 fully saturated rings. The fourth-order valence-corrected chi connectivity index (χ4v) is 4.96. The van der Waals surface area contributed by atoms with Crippen molar-refractivity contribution in [2.24, 2.45) is 17.3 Å². The van der Waals surface area contributed by atoms with Crippen LogP contribution in [0.15, 0.2) is 0 Å². The van der Waals surface area contributed by atoms with Crippen molar-refractivity contribution in [3.05, 3.63) is 0 Å². The second-order valence-corrected chi connectivity index (χ2v) is 9.61.